The van der Waals surface area contributed by atoms with Gasteiger partial charge in [0.15, 0.2) is 4.67 Å². The first-order valence-corrected chi connectivity index (χ1v) is 4.74. The van der Waals surface area contributed by atoms with Crippen LogP contribution in [0.5, 0.6) is 0 Å². The monoisotopic (exact) mass is 245 g/mol. The van der Waals surface area contributed by atoms with Crippen LogP contribution in [-0.2, 0) is 0 Å². The Labute approximate surface area is 85.6 Å². The molecule has 1 heterocycles. The van der Waals surface area contributed by atoms with E-state index in [1.54, 1.807) is 6.07 Å². The quantitative estimate of drug-likeness (QED) is 0.827. The molecule has 1 N–H and O–H groups in total. The maximum absolute atomic E-state index is 11.5. The van der Waals surface area contributed by atoms with E-state index in [1.807, 2.05) is 20.8 Å². The first kappa shape index (κ1) is 10.3. The minimum absolute atomic E-state index is 0.123. The highest BCUT2D eigenvalue weighted by molar-refractivity contribution is 9.10. The van der Waals surface area contributed by atoms with Crippen LogP contribution >= 0.6 is 15.9 Å². The number of halogens is 1. The minimum Gasteiger partial charge on any atom is -0.457 e. The summed E-state index contributed by atoms with van der Waals surface area (Å²) in [6.45, 7) is 5.79. The van der Waals surface area contributed by atoms with E-state index in [1.165, 1.54) is 6.26 Å². The second-order valence-electron chi connectivity index (χ2n) is 3.84. The molecule has 1 rings (SSSR count). The van der Waals surface area contributed by atoms with Gasteiger partial charge in [0.2, 0.25) is 0 Å². The molecule has 13 heavy (non-hydrogen) atoms. The lowest BCUT2D eigenvalue weighted by molar-refractivity contribution is 0.0919. The van der Waals surface area contributed by atoms with Crippen molar-refractivity contribution in [2.75, 3.05) is 0 Å². The number of nitrogens with one attached hydrogen (secondary N) is 1. The van der Waals surface area contributed by atoms with E-state index in [2.05, 4.69) is 21.2 Å². The van der Waals surface area contributed by atoms with E-state index in [0.29, 0.717) is 10.2 Å². The molecule has 0 fully saturated rings. The molecule has 4 heteroatoms. The van der Waals surface area contributed by atoms with Crippen molar-refractivity contribution >= 4 is 21.8 Å². The van der Waals surface area contributed by atoms with E-state index < -0.39 is 0 Å². The van der Waals surface area contributed by atoms with Crippen molar-refractivity contribution < 1.29 is 9.21 Å². The Kier molecular flexibility index (Phi) is 2.81. The topological polar surface area (TPSA) is 42.2 Å². The third-order valence-electron chi connectivity index (χ3n) is 1.32. The number of hydrogen-bond donors (Lipinski definition) is 1. The van der Waals surface area contributed by atoms with Gasteiger partial charge in [0, 0.05) is 11.6 Å². The fourth-order valence-corrected chi connectivity index (χ4v) is 1.18. The molecule has 0 aromatic carbocycles. The van der Waals surface area contributed by atoms with Crippen LogP contribution in [0.4, 0.5) is 0 Å². The van der Waals surface area contributed by atoms with E-state index in [-0.39, 0.29) is 11.4 Å². The highest BCUT2D eigenvalue weighted by atomic mass is 79.9. The van der Waals surface area contributed by atoms with Gasteiger partial charge in [-0.05, 0) is 36.7 Å². The lowest BCUT2D eigenvalue weighted by atomic mass is 10.1. The number of carbonyl (C=O) groups is 1. The highest BCUT2D eigenvalue weighted by Gasteiger charge is 2.16. The van der Waals surface area contributed by atoms with Gasteiger partial charge >= 0.3 is 0 Å². The third kappa shape index (κ3) is 3.22. The SMILES string of the molecule is CC(C)(C)NC(=O)c1coc(Br)c1. The summed E-state index contributed by atoms with van der Waals surface area (Å²) in [5, 5.41) is 2.83. The average Bonchev–Trinajstić information content (AvgIpc) is 2.31. The van der Waals surface area contributed by atoms with Crippen molar-refractivity contribution in [3.63, 3.8) is 0 Å². The molecule has 1 amide bonds. The number of amides is 1. The molecule has 0 atom stereocenters. The average molecular weight is 246 g/mol. The largest absolute Gasteiger partial charge is 0.457 e. The fraction of sp³-hybridized carbons (Fsp3) is 0.444. The summed E-state index contributed by atoms with van der Waals surface area (Å²) < 4.78 is 5.52. The molecule has 0 aliphatic rings. The van der Waals surface area contributed by atoms with Crippen LogP contribution < -0.4 is 5.32 Å². The molecule has 0 aliphatic carbocycles. The van der Waals surface area contributed by atoms with Crippen LogP contribution in [0.25, 0.3) is 0 Å². The van der Waals surface area contributed by atoms with Gasteiger partial charge in [-0.2, -0.15) is 0 Å². The predicted octanol–water partition coefficient (Wildman–Crippen LogP) is 2.57. The van der Waals surface area contributed by atoms with Gasteiger partial charge < -0.3 is 9.73 Å². The van der Waals surface area contributed by atoms with Crippen LogP contribution in [0, 0.1) is 0 Å². The van der Waals surface area contributed by atoms with Crippen LogP contribution in [0.1, 0.15) is 31.1 Å². The lowest BCUT2D eigenvalue weighted by Gasteiger charge is -2.19. The summed E-state index contributed by atoms with van der Waals surface area (Å²) in [5.41, 5.74) is 0.308. The number of hydrogen-bond acceptors (Lipinski definition) is 2. The van der Waals surface area contributed by atoms with Gasteiger partial charge in [-0.1, -0.05) is 0 Å². The Balaban J connectivity index is 2.70. The molecule has 0 spiro atoms. The molecule has 1 aromatic rings. The Morgan fingerprint density at radius 2 is 2.15 bits per heavy atom. The smallest absolute Gasteiger partial charge is 0.254 e. The van der Waals surface area contributed by atoms with E-state index in [9.17, 15) is 4.79 Å². The molecule has 0 aliphatic heterocycles. The van der Waals surface area contributed by atoms with Crippen molar-refractivity contribution in [1.82, 2.24) is 5.32 Å². The van der Waals surface area contributed by atoms with E-state index in [0.717, 1.165) is 0 Å². The molecule has 0 unspecified atom stereocenters. The fourth-order valence-electron chi connectivity index (χ4n) is 0.842. The second-order valence-corrected chi connectivity index (χ2v) is 4.63. The van der Waals surface area contributed by atoms with Crippen molar-refractivity contribution in [1.29, 1.82) is 0 Å². The first-order valence-electron chi connectivity index (χ1n) is 3.95. The Morgan fingerprint density at radius 3 is 2.54 bits per heavy atom. The van der Waals surface area contributed by atoms with Gasteiger partial charge in [-0.15, -0.1) is 0 Å². The molecular formula is C9H12BrNO2. The zero-order chi connectivity index (χ0) is 10.1. The minimum atomic E-state index is -0.221. The molecule has 3 nitrogen and oxygen atoms in total. The second kappa shape index (κ2) is 3.54. The van der Waals surface area contributed by atoms with Crippen LogP contribution in [0.3, 0.4) is 0 Å². The van der Waals surface area contributed by atoms with Crippen molar-refractivity contribution in [3.8, 4) is 0 Å². The lowest BCUT2D eigenvalue weighted by Crippen LogP contribution is -2.40. The van der Waals surface area contributed by atoms with Gasteiger partial charge in [-0.3, -0.25) is 4.79 Å². The van der Waals surface area contributed by atoms with Crippen molar-refractivity contribution in [3.05, 3.63) is 22.6 Å². The summed E-state index contributed by atoms with van der Waals surface area (Å²) in [5.74, 6) is -0.123. The van der Waals surface area contributed by atoms with Crippen LogP contribution in [0.15, 0.2) is 21.4 Å². The molecule has 1 aromatic heterocycles. The van der Waals surface area contributed by atoms with Crippen molar-refractivity contribution in [2.24, 2.45) is 0 Å². The first-order chi connectivity index (χ1) is 5.88. The Hall–Kier alpha value is -0.770. The summed E-state index contributed by atoms with van der Waals surface area (Å²) in [4.78, 5) is 11.5. The molecule has 0 radical (unpaired) electrons. The van der Waals surface area contributed by atoms with Gasteiger partial charge in [-0.25, -0.2) is 0 Å². The Bertz CT molecular complexity index is 312. The molecule has 0 saturated heterocycles. The zero-order valence-corrected chi connectivity index (χ0v) is 9.44. The van der Waals surface area contributed by atoms with Gasteiger partial charge in [0.05, 0.1) is 5.56 Å². The highest BCUT2D eigenvalue weighted by Crippen LogP contribution is 2.14. The predicted molar refractivity (Wildman–Crippen MR) is 53.6 cm³/mol. The summed E-state index contributed by atoms with van der Waals surface area (Å²) in [6.07, 6.45) is 1.42. The maximum atomic E-state index is 11.5. The van der Waals surface area contributed by atoms with E-state index >= 15 is 0 Å². The molecular weight excluding hydrogens is 234 g/mol. The summed E-state index contributed by atoms with van der Waals surface area (Å²) in [7, 11) is 0. The zero-order valence-electron chi connectivity index (χ0n) is 7.85. The Morgan fingerprint density at radius 1 is 1.54 bits per heavy atom. The standard InChI is InChI=1S/C9H12BrNO2/c1-9(2,3)11-8(12)6-4-7(10)13-5-6/h4-5H,1-3H3,(H,11,12). The third-order valence-corrected chi connectivity index (χ3v) is 1.73. The van der Waals surface area contributed by atoms with E-state index in [4.69, 9.17) is 4.42 Å². The normalized spacial score (nSPS) is 11.4. The van der Waals surface area contributed by atoms with Crippen LogP contribution in [-0.4, -0.2) is 11.4 Å². The number of carbonyl (C=O) groups excluding carboxylic acids is 1. The maximum Gasteiger partial charge on any atom is 0.254 e. The number of furan rings is 1. The van der Waals surface area contributed by atoms with Gasteiger partial charge in [0.25, 0.3) is 5.91 Å². The summed E-state index contributed by atoms with van der Waals surface area (Å²) in [6, 6.07) is 1.64. The summed E-state index contributed by atoms with van der Waals surface area (Å²) >= 11 is 3.13. The number of rotatable bonds is 1. The molecule has 72 valence electrons. The van der Waals surface area contributed by atoms with Gasteiger partial charge in [0.1, 0.15) is 6.26 Å². The van der Waals surface area contributed by atoms with Crippen molar-refractivity contribution in [2.45, 2.75) is 26.3 Å². The molecule has 0 bridgehead atoms. The molecule has 0 saturated carbocycles. The van der Waals surface area contributed by atoms with Crippen LogP contribution in [0.2, 0.25) is 0 Å².